The van der Waals surface area contributed by atoms with E-state index in [4.69, 9.17) is 16.3 Å². The van der Waals surface area contributed by atoms with Gasteiger partial charge in [-0.1, -0.05) is 29.3 Å². The van der Waals surface area contributed by atoms with Gasteiger partial charge in [-0.2, -0.15) is 0 Å². The van der Waals surface area contributed by atoms with Crippen LogP contribution < -0.4 is 9.64 Å². The Hall–Kier alpha value is -2.20. The Labute approximate surface area is 147 Å². The van der Waals surface area contributed by atoms with Gasteiger partial charge in [0, 0.05) is 30.3 Å². The number of carbonyl (C=O) groups excluding carboxylic acids is 1. The van der Waals surface area contributed by atoms with Crippen LogP contribution in [0, 0.1) is 6.92 Å². The molecule has 0 N–H and O–H groups in total. The molecular weight excluding hydrogens is 324 g/mol. The highest BCUT2D eigenvalue weighted by atomic mass is 35.5. The fourth-order valence-electron chi connectivity index (χ4n) is 2.73. The first-order valence-electron chi connectivity index (χ1n) is 8.15. The van der Waals surface area contributed by atoms with E-state index in [1.54, 1.807) is 4.90 Å². The van der Waals surface area contributed by atoms with Gasteiger partial charge in [0.1, 0.15) is 5.75 Å². The highest BCUT2D eigenvalue weighted by Crippen LogP contribution is 2.22. The molecular formula is C19H21ClN2O2. The van der Waals surface area contributed by atoms with Gasteiger partial charge in [0.15, 0.2) is 0 Å². The highest BCUT2D eigenvalue weighted by molar-refractivity contribution is 6.30. The van der Waals surface area contributed by atoms with Gasteiger partial charge in [-0.3, -0.25) is 4.90 Å². The van der Waals surface area contributed by atoms with Crippen molar-refractivity contribution in [2.45, 2.75) is 13.3 Å². The Morgan fingerprint density at radius 3 is 2.46 bits per heavy atom. The molecule has 0 spiro atoms. The molecule has 1 fully saturated rings. The molecule has 2 aromatic rings. The number of halogens is 1. The third-order valence-electron chi connectivity index (χ3n) is 4.10. The Morgan fingerprint density at radius 2 is 1.75 bits per heavy atom. The first-order chi connectivity index (χ1) is 11.6. The van der Waals surface area contributed by atoms with Crippen molar-refractivity contribution in [3.8, 4) is 5.75 Å². The topological polar surface area (TPSA) is 32.8 Å². The van der Waals surface area contributed by atoms with Crippen LogP contribution in [0.15, 0.2) is 48.5 Å². The molecule has 0 bridgehead atoms. The summed E-state index contributed by atoms with van der Waals surface area (Å²) in [6.45, 7) is 4.81. The highest BCUT2D eigenvalue weighted by Gasteiger charge is 2.28. The summed E-state index contributed by atoms with van der Waals surface area (Å²) in [5.41, 5.74) is 2.11. The van der Waals surface area contributed by atoms with Crippen LogP contribution in [0.5, 0.6) is 5.75 Å². The van der Waals surface area contributed by atoms with Crippen LogP contribution in [0.4, 0.5) is 10.5 Å². The third-order valence-corrected chi connectivity index (χ3v) is 4.35. The molecule has 3 rings (SSSR count). The predicted molar refractivity (Wildman–Crippen MR) is 97.1 cm³/mol. The molecule has 0 atom stereocenters. The summed E-state index contributed by atoms with van der Waals surface area (Å²) in [6.07, 6.45) is 0.814. The van der Waals surface area contributed by atoms with E-state index >= 15 is 0 Å². The molecule has 1 saturated heterocycles. The van der Waals surface area contributed by atoms with Gasteiger partial charge in [-0.25, -0.2) is 4.79 Å². The maximum Gasteiger partial charge on any atom is 0.324 e. The predicted octanol–water partition coefficient (Wildman–Crippen LogP) is 4.36. The van der Waals surface area contributed by atoms with Crippen LogP contribution in [0.2, 0.25) is 5.02 Å². The van der Waals surface area contributed by atoms with Crippen molar-refractivity contribution in [1.82, 2.24) is 4.90 Å². The summed E-state index contributed by atoms with van der Waals surface area (Å²) in [6, 6.07) is 15.4. The summed E-state index contributed by atoms with van der Waals surface area (Å²) in [4.78, 5) is 16.1. The molecule has 0 aromatic heterocycles. The van der Waals surface area contributed by atoms with Gasteiger partial charge in [0.05, 0.1) is 6.61 Å². The minimum atomic E-state index is 0.0488. The fourth-order valence-corrected chi connectivity index (χ4v) is 2.86. The zero-order valence-electron chi connectivity index (χ0n) is 13.7. The number of aryl methyl sites for hydroxylation is 1. The average Bonchev–Trinajstić information content (AvgIpc) is 2.95. The largest absolute Gasteiger partial charge is 0.494 e. The standard InChI is InChI=1S/C19H21ClN2O2/c1-15-3-9-18(10-4-15)24-14-2-11-21-12-13-22(19(21)23)17-7-5-16(20)6-8-17/h3-10H,2,11-14H2,1H3. The van der Waals surface area contributed by atoms with Crippen LogP contribution in [-0.4, -0.2) is 37.2 Å². The number of rotatable bonds is 6. The summed E-state index contributed by atoms with van der Waals surface area (Å²) >= 11 is 5.90. The Morgan fingerprint density at radius 1 is 1.04 bits per heavy atom. The summed E-state index contributed by atoms with van der Waals surface area (Å²) in [7, 11) is 0. The zero-order valence-corrected chi connectivity index (χ0v) is 14.5. The summed E-state index contributed by atoms with van der Waals surface area (Å²) < 4.78 is 5.71. The van der Waals surface area contributed by atoms with E-state index < -0.39 is 0 Å². The molecule has 24 heavy (non-hydrogen) atoms. The normalized spacial score (nSPS) is 14.3. The maximum absolute atomic E-state index is 12.5. The van der Waals surface area contributed by atoms with Crippen LogP contribution in [0.25, 0.3) is 0 Å². The van der Waals surface area contributed by atoms with Gasteiger partial charge in [-0.15, -0.1) is 0 Å². The maximum atomic E-state index is 12.5. The molecule has 0 aliphatic carbocycles. The van der Waals surface area contributed by atoms with Gasteiger partial charge < -0.3 is 9.64 Å². The molecule has 1 aliphatic heterocycles. The van der Waals surface area contributed by atoms with Crippen LogP contribution in [0.1, 0.15) is 12.0 Å². The number of hydrogen-bond donors (Lipinski definition) is 0. The zero-order chi connectivity index (χ0) is 16.9. The molecule has 1 heterocycles. The van der Waals surface area contributed by atoms with Crippen molar-refractivity contribution in [2.75, 3.05) is 31.1 Å². The first kappa shape index (κ1) is 16.7. The van der Waals surface area contributed by atoms with Gasteiger partial charge in [-0.05, 0) is 49.7 Å². The number of carbonyl (C=O) groups is 1. The molecule has 2 aromatic carbocycles. The molecule has 0 unspecified atom stereocenters. The summed E-state index contributed by atoms with van der Waals surface area (Å²) in [5.74, 6) is 0.871. The molecule has 5 heteroatoms. The lowest BCUT2D eigenvalue weighted by atomic mass is 10.2. The minimum Gasteiger partial charge on any atom is -0.494 e. The molecule has 1 aliphatic rings. The number of urea groups is 1. The van der Waals surface area contributed by atoms with Gasteiger partial charge >= 0.3 is 6.03 Å². The van der Waals surface area contributed by atoms with E-state index in [2.05, 4.69) is 6.92 Å². The first-order valence-corrected chi connectivity index (χ1v) is 8.53. The minimum absolute atomic E-state index is 0.0488. The van der Waals surface area contributed by atoms with Crippen molar-refractivity contribution in [3.63, 3.8) is 0 Å². The van der Waals surface area contributed by atoms with Crippen molar-refractivity contribution >= 4 is 23.3 Å². The van der Waals surface area contributed by atoms with E-state index in [0.717, 1.165) is 24.4 Å². The van der Waals surface area contributed by atoms with Crippen molar-refractivity contribution in [3.05, 3.63) is 59.1 Å². The molecule has 0 radical (unpaired) electrons. The van der Waals surface area contributed by atoms with E-state index in [-0.39, 0.29) is 6.03 Å². The third kappa shape index (κ3) is 4.01. The average molecular weight is 345 g/mol. The van der Waals surface area contributed by atoms with E-state index in [0.29, 0.717) is 24.7 Å². The van der Waals surface area contributed by atoms with Crippen LogP contribution >= 0.6 is 11.6 Å². The second-order valence-electron chi connectivity index (χ2n) is 5.91. The molecule has 2 amide bonds. The second-order valence-corrected chi connectivity index (χ2v) is 6.35. The van der Waals surface area contributed by atoms with Crippen molar-refractivity contribution < 1.29 is 9.53 Å². The smallest absolute Gasteiger partial charge is 0.324 e. The lowest BCUT2D eigenvalue weighted by Gasteiger charge is -2.18. The quantitative estimate of drug-likeness (QED) is 0.729. The van der Waals surface area contributed by atoms with Crippen LogP contribution in [0.3, 0.4) is 0 Å². The van der Waals surface area contributed by atoms with Gasteiger partial charge in [0.2, 0.25) is 0 Å². The number of benzene rings is 2. The van der Waals surface area contributed by atoms with E-state index in [1.807, 2.05) is 53.4 Å². The molecule has 0 saturated carbocycles. The van der Waals surface area contributed by atoms with E-state index in [9.17, 15) is 4.79 Å². The molecule has 126 valence electrons. The summed E-state index contributed by atoms with van der Waals surface area (Å²) in [5, 5.41) is 0.676. The number of hydrogen-bond acceptors (Lipinski definition) is 2. The fraction of sp³-hybridized carbons (Fsp3) is 0.316. The second kappa shape index (κ2) is 7.58. The van der Waals surface area contributed by atoms with Crippen molar-refractivity contribution in [1.29, 1.82) is 0 Å². The van der Waals surface area contributed by atoms with Crippen LogP contribution in [-0.2, 0) is 0 Å². The number of ether oxygens (including phenoxy) is 1. The Balaban J connectivity index is 1.45. The lowest BCUT2D eigenvalue weighted by Crippen LogP contribution is -2.32. The Bertz CT molecular complexity index is 686. The number of amides is 2. The lowest BCUT2D eigenvalue weighted by molar-refractivity contribution is 0.214. The number of anilines is 1. The van der Waals surface area contributed by atoms with Crippen molar-refractivity contribution in [2.24, 2.45) is 0 Å². The molecule has 4 nitrogen and oxygen atoms in total. The monoisotopic (exact) mass is 344 g/mol. The SMILES string of the molecule is Cc1ccc(OCCCN2CCN(c3ccc(Cl)cc3)C2=O)cc1. The number of nitrogens with zero attached hydrogens (tertiary/aromatic N) is 2. The Kier molecular flexibility index (Phi) is 5.26. The van der Waals surface area contributed by atoms with E-state index in [1.165, 1.54) is 5.56 Å². The van der Waals surface area contributed by atoms with Gasteiger partial charge in [0.25, 0.3) is 0 Å².